The number of hydrogen-bond donors (Lipinski definition) is 1. The molecule has 2 aromatic rings. The lowest BCUT2D eigenvalue weighted by molar-refractivity contribution is 0.0940. The molecule has 2 aromatic carbocycles. The standard InChI is InChI=1S/C21H24Cl2N2O/c1-14-4-3-11-25(13-14)18-8-5-16(6-9-18)15(2)24-21(26)19-10-7-17(22)12-20(19)23/h5-10,12,14-15H,3-4,11,13H2,1-2H3,(H,24,26)/t14-,15+/m0/s1. The third-order valence-corrected chi connectivity index (χ3v) is 5.49. The summed E-state index contributed by atoms with van der Waals surface area (Å²) in [5, 5.41) is 3.87. The molecule has 1 fully saturated rings. The first-order valence-corrected chi connectivity index (χ1v) is 9.80. The first kappa shape index (κ1) is 19.1. The Hall–Kier alpha value is -1.71. The first-order chi connectivity index (χ1) is 12.4. The van der Waals surface area contributed by atoms with Gasteiger partial charge in [-0.25, -0.2) is 0 Å². The molecule has 138 valence electrons. The van der Waals surface area contributed by atoms with Gasteiger partial charge in [-0.1, -0.05) is 42.3 Å². The highest BCUT2D eigenvalue weighted by atomic mass is 35.5. The molecule has 0 bridgehead atoms. The molecule has 0 radical (unpaired) electrons. The molecule has 1 aliphatic rings. The van der Waals surface area contributed by atoms with Crippen LogP contribution in [0.1, 0.15) is 48.7 Å². The second kappa shape index (κ2) is 8.32. The molecule has 0 aromatic heterocycles. The fourth-order valence-corrected chi connectivity index (χ4v) is 3.92. The number of benzene rings is 2. The number of carbonyl (C=O) groups excluding carboxylic acids is 1. The fourth-order valence-electron chi connectivity index (χ4n) is 3.43. The number of amides is 1. The van der Waals surface area contributed by atoms with Crippen molar-refractivity contribution >= 4 is 34.8 Å². The molecule has 1 N–H and O–H groups in total. The average Bonchev–Trinajstić information content (AvgIpc) is 2.61. The summed E-state index contributed by atoms with van der Waals surface area (Å²) in [6.45, 7) is 6.51. The summed E-state index contributed by atoms with van der Waals surface area (Å²) in [5.74, 6) is 0.541. The van der Waals surface area contributed by atoms with Crippen molar-refractivity contribution in [3.63, 3.8) is 0 Å². The molecule has 0 aliphatic carbocycles. The molecule has 2 atom stereocenters. The Morgan fingerprint density at radius 3 is 2.58 bits per heavy atom. The first-order valence-electron chi connectivity index (χ1n) is 9.05. The van der Waals surface area contributed by atoms with E-state index in [-0.39, 0.29) is 11.9 Å². The van der Waals surface area contributed by atoms with E-state index in [0.717, 1.165) is 24.6 Å². The summed E-state index contributed by atoms with van der Waals surface area (Å²) in [6.07, 6.45) is 2.56. The Bertz CT molecular complexity index is 776. The van der Waals surface area contributed by atoms with Crippen molar-refractivity contribution < 1.29 is 4.79 Å². The quantitative estimate of drug-likeness (QED) is 0.723. The molecule has 0 spiro atoms. The Kier molecular flexibility index (Phi) is 6.10. The number of carbonyl (C=O) groups is 1. The van der Waals surface area contributed by atoms with Crippen LogP contribution in [0.3, 0.4) is 0 Å². The highest BCUT2D eigenvalue weighted by Crippen LogP contribution is 2.25. The maximum atomic E-state index is 12.5. The third-order valence-electron chi connectivity index (χ3n) is 4.94. The molecule has 26 heavy (non-hydrogen) atoms. The van der Waals surface area contributed by atoms with E-state index in [1.54, 1.807) is 18.2 Å². The predicted molar refractivity (Wildman–Crippen MR) is 109 cm³/mol. The zero-order valence-electron chi connectivity index (χ0n) is 15.1. The van der Waals surface area contributed by atoms with E-state index in [0.29, 0.717) is 15.6 Å². The van der Waals surface area contributed by atoms with Gasteiger partial charge in [0.2, 0.25) is 0 Å². The highest BCUT2D eigenvalue weighted by molar-refractivity contribution is 6.36. The minimum atomic E-state index is -0.201. The van der Waals surface area contributed by atoms with Crippen molar-refractivity contribution in [3.8, 4) is 0 Å². The molecule has 0 saturated carbocycles. The predicted octanol–water partition coefficient (Wildman–Crippen LogP) is 5.72. The zero-order valence-corrected chi connectivity index (χ0v) is 16.6. The van der Waals surface area contributed by atoms with E-state index >= 15 is 0 Å². The molecule has 0 unspecified atom stereocenters. The summed E-state index contributed by atoms with van der Waals surface area (Å²) in [4.78, 5) is 14.9. The van der Waals surface area contributed by atoms with Crippen LogP contribution in [-0.2, 0) is 0 Å². The Morgan fingerprint density at radius 1 is 1.19 bits per heavy atom. The SMILES string of the molecule is C[C@H]1CCCN(c2ccc([C@@H](C)NC(=O)c3ccc(Cl)cc3Cl)cc2)C1. The maximum Gasteiger partial charge on any atom is 0.253 e. The largest absolute Gasteiger partial charge is 0.371 e. The molecule has 1 aliphatic heterocycles. The van der Waals surface area contributed by atoms with Crippen molar-refractivity contribution in [2.75, 3.05) is 18.0 Å². The number of rotatable bonds is 4. The van der Waals surface area contributed by atoms with Gasteiger partial charge in [0, 0.05) is 23.8 Å². The van der Waals surface area contributed by atoms with Crippen LogP contribution in [0, 0.1) is 5.92 Å². The maximum absolute atomic E-state index is 12.5. The summed E-state index contributed by atoms with van der Waals surface area (Å²) >= 11 is 12.0. The minimum absolute atomic E-state index is 0.108. The Morgan fingerprint density at radius 2 is 1.92 bits per heavy atom. The van der Waals surface area contributed by atoms with E-state index < -0.39 is 0 Å². The molecular formula is C21H24Cl2N2O. The minimum Gasteiger partial charge on any atom is -0.371 e. The van der Waals surface area contributed by atoms with Gasteiger partial charge in [0.05, 0.1) is 16.6 Å². The topological polar surface area (TPSA) is 32.3 Å². The van der Waals surface area contributed by atoms with Crippen LogP contribution < -0.4 is 10.2 Å². The molecule has 1 amide bonds. The molecule has 1 heterocycles. The van der Waals surface area contributed by atoms with Crippen LogP contribution in [0.2, 0.25) is 10.0 Å². The fraction of sp³-hybridized carbons (Fsp3) is 0.381. The van der Waals surface area contributed by atoms with Crippen LogP contribution in [0.15, 0.2) is 42.5 Å². The van der Waals surface area contributed by atoms with Crippen molar-refractivity contribution in [1.82, 2.24) is 5.32 Å². The van der Waals surface area contributed by atoms with Gasteiger partial charge in [0.1, 0.15) is 0 Å². The lowest BCUT2D eigenvalue weighted by Crippen LogP contribution is -2.34. The van der Waals surface area contributed by atoms with Gasteiger partial charge >= 0.3 is 0 Å². The van der Waals surface area contributed by atoms with E-state index in [9.17, 15) is 4.79 Å². The lowest BCUT2D eigenvalue weighted by atomic mass is 9.99. The van der Waals surface area contributed by atoms with Crippen LogP contribution in [0.4, 0.5) is 5.69 Å². The number of nitrogens with zero attached hydrogens (tertiary/aromatic N) is 1. The number of piperidine rings is 1. The Balaban J connectivity index is 1.66. The third kappa shape index (κ3) is 4.52. The molecule has 1 saturated heterocycles. The second-order valence-corrected chi connectivity index (χ2v) is 7.95. The van der Waals surface area contributed by atoms with E-state index in [4.69, 9.17) is 23.2 Å². The highest BCUT2D eigenvalue weighted by Gasteiger charge is 2.18. The van der Waals surface area contributed by atoms with Crippen molar-refractivity contribution in [2.45, 2.75) is 32.7 Å². The number of halogens is 2. The molecule has 3 rings (SSSR count). The molecule has 5 heteroatoms. The van der Waals surface area contributed by atoms with E-state index in [1.807, 2.05) is 6.92 Å². The number of hydrogen-bond acceptors (Lipinski definition) is 2. The summed E-state index contributed by atoms with van der Waals surface area (Å²) < 4.78 is 0. The van der Waals surface area contributed by atoms with Crippen LogP contribution >= 0.6 is 23.2 Å². The van der Waals surface area contributed by atoms with Crippen molar-refractivity contribution in [3.05, 3.63) is 63.6 Å². The van der Waals surface area contributed by atoms with E-state index in [1.165, 1.54) is 18.5 Å². The van der Waals surface area contributed by atoms with Gasteiger partial charge in [0.15, 0.2) is 0 Å². The van der Waals surface area contributed by atoms with Crippen LogP contribution in [0.25, 0.3) is 0 Å². The monoisotopic (exact) mass is 390 g/mol. The van der Waals surface area contributed by atoms with Gasteiger partial charge in [0.25, 0.3) is 5.91 Å². The number of nitrogens with one attached hydrogen (secondary N) is 1. The van der Waals surface area contributed by atoms with Crippen LogP contribution in [-0.4, -0.2) is 19.0 Å². The summed E-state index contributed by atoms with van der Waals surface area (Å²) in [5.41, 5.74) is 2.75. The number of anilines is 1. The lowest BCUT2D eigenvalue weighted by Gasteiger charge is -2.33. The van der Waals surface area contributed by atoms with Gasteiger partial charge in [-0.2, -0.15) is 0 Å². The zero-order chi connectivity index (χ0) is 18.7. The van der Waals surface area contributed by atoms with Gasteiger partial charge in [-0.3, -0.25) is 4.79 Å². The summed E-state index contributed by atoms with van der Waals surface area (Å²) in [7, 11) is 0. The van der Waals surface area contributed by atoms with Gasteiger partial charge < -0.3 is 10.2 Å². The second-order valence-electron chi connectivity index (χ2n) is 7.10. The molecule has 3 nitrogen and oxygen atoms in total. The van der Waals surface area contributed by atoms with Gasteiger partial charge in [-0.15, -0.1) is 0 Å². The van der Waals surface area contributed by atoms with E-state index in [2.05, 4.69) is 41.4 Å². The van der Waals surface area contributed by atoms with Crippen LogP contribution in [0.5, 0.6) is 0 Å². The van der Waals surface area contributed by atoms with Crippen molar-refractivity contribution in [2.24, 2.45) is 5.92 Å². The Labute approximate surface area is 165 Å². The summed E-state index contributed by atoms with van der Waals surface area (Å²) in [6, 6.07) is 13.2. The van der Waals surface area contributed by atoms with Crippen molar-refractivity contribution in [1.29, 1.82) is 0 Å². The smallest absolute Gasteiger partial charge is 0.253 e. The normalized spacial score (nSPS) is 18.5. The van der Waals surface area contributed by atoms with Gasteiger partial charge in [-0.05, 0) is 61.6 Å². The average molecular weight is 391 g/mol. The molecular weight excluding hydrogens is 367 g/mol.